The van der Waals surface area contributed by atoms with Crippen molar-refractivity contribution in [3.05, 3.63) is 42.7 Å². The van der Waals surface area contributed by atoms with Crippen molar-refractivity contribution in [1.82, 2.24) is 0 Å². The number of carboxylic acids is 1. The number of hydrogen-bond acceptors (Lipinski definition) is 3. The van der Waals surface area contributed by atoms with Gasteiger partial charge in [0.2, 0.25) is 0 Å². The molecule has 0 amide bonds. The number of carbonyl (C=O) groups is 1. The summed E-state index contributed by atoms with van der Waals surface area (Å²) in [6, 6.07) is 7.74. The van der Waals surface area contributed by atoms with E-state index in [1.807, 2.05) is 36.2 Å². The lowest BCUT2D eigenvalue weighted by molar-refractivity contribution is -0.131. The van der Waals surface area contributed by atoms with Crippen LogP contribution >= 0.6 is 0 Å². The molecule has 0 aliphatic heterocycles. The van der Waals surface area contributed by atoms with Crippen LogP contribution in [0.5, 0.6) is 0 Å². The summed E-state index contributed by atoms with van der Waals surface area (Å²) >= 11 is 0. The van der Waals surface area contributed by atoms with E-state index in [1.165, 1.54) is 0 Å². The average molecular weight is 231 g/mol. The third-order valence-corrected chi connectivity index (χ3v) is 2.51. The molecule has 0 unspecified atom stereocenters. The first-order valence-electron chi connectivity index (χ1n) is 5.25. The summed E-state index contributed by atoms with van der Waals surface area (Å²) in [4.78, 5) is 12.3. The van der Waals surface area contributed by atoms with Crippen LogP contribution in [0.3, 0.4) is 0 Å². The number of hydrogen-bond donors (Lipinski definition) is 1. The summed E-state index contributed by atoms with van der Waals surface area (Å²) in [5, 5.41) is 9.53. The minimum atomic E-state index is -0.935. The second kappa shape index (κ2) is 4.74. The summed E-state index contributed by atoms with van der Waals surface area (Å²) in [5.41, 5.74) is 1.78. The van der Waals surface area contributed by atoms with Crippen LogP contribution in [-0.4, -0.2) is 24.7 Å². The average Bonchev–Trinajstić information content (AvgIpc) is 2.72. The normalized spacial score (nSPS) is 11.1. The van der Waals surface area contributed by atoms with Crippen molar-refractivity contribution < 1.29 is 14.3 Å². The molecule has 17 heavy (non-hydrogen) atoms. The van der Waals surface area contributed by atoms with Gasteiger partial charge < -0.3 is 14.4 Å². The van der Waals surface area contributed by atoms with Gasteiger partial charge in [-0.3, -0.25) is 0 Å². The number of furan rings is 1. The quantitative estimate of drug-likeness (QED) is 0.821. The van der Waals surface area contributed by atoms with E-state index in [-0.39, 0.29) is 0 Å². The van der Waals surface area contributed by atoms with Gasteiger partial charge in [-0.2, -0.15) is 0 Å². The Kier molecular flexibility index (Phi) is 3.14. The minimum Gasteiger partial charge on any atom is -0.478 e. The first kappa shape index (κ1) is 11.3. The molecule has 0 aliphatic carbocycles. The van der Waals surface area contributed by atoms with E-state index in [9.17, 15) is 4.79 Å². The molecular formula is C13H13NO3. The van der Waals surface area contributed by atoms with Crippen LogP contribution in [0.25, 0.3) is 11.0 Å². The van der Waals surface area contributed by atoms with Crippen molar-refractivity contribution in [1.29, 1.82) is 0 Å². The lowest BCUT2D eigenvalue weighted by atomic mass is 10.2. The molecule has 88 valence electrons. The molecule has 0 saturated carbocycles. The summed E-state index contributed by atoms with van der Waals surface area (Å²) in [5.74, 6) is -0.935. The topological polar surface area (TPSA) is 53.7 Å². The number of anilines is 1. The Morgan fingerprint density at radius 3 is 3.00 bits per heavy atom. The van der Waals surface area contributed by atoms with Crippen LogP contribution in [0.1, 0.15) is 0 Å². The first-order valence-corrected chi connectivity index (χ1v) is 5.25. The number of carboxylic acid groups (broad SMARTS) is 1. The van der Waals surface area contributed by atoms with Gasteiger partial charge in [0.1, 0.15) is 11.8 Å². The molecule has 1 heterocycles. The number of para-hydroxylation sites is 1. The third kappa shape index (κ3) is 2.47. The van der Waals surface area contributed by atoms with Gasteiger partial charge in [-0.05, 0) is 12.1 Å². The lowest BCUT2D eigenvalue weighted by Gasteiger charge is -2.14. The SMILES string of the molecule is CN(C/C=C/C(=O)O)c1coc2ccccc12. The summed E-state index contributed by atoms with van der Waals surface area (Å²) < 4.78 is 5.42. The number of rotatable bonds is 4. The molecule has 2 aromatic rings. The third-order valence-electron chi connectivity index (χ3n) is 2.51. The maximum atomic E-state index is 10.4. The van der Waals surface area contributed by atoms with E-state index in [0.29, 0.717) is 6.54 Å². The van der Waals surface area contributed by atoms with Crippen molar-refractivity contribution in [3.8, 4) is 0 Å². The highest BCUT2D eigenvalue weighted by molar-refractivity contribution is 5.91. The van der Waals surface area contributed by atoms with Crippen molar-refractivity contribution in [2.24, 2.45) is 0 Å². The summed E-state index contributed by atoms with van der Waals surface area (Å²) in [7, 11) is 1.89. The highest BCUT2D eigenvalue weighted by atomic mass is 16.4. The van der Waals surface area contributed by atoms with E-state index >= 15 is 0 Å². The van der Waals surface area contributed by atoms with Crippen LogP contribution in [0, 0.1) is 0 Å². The largest absolute Gasteiger partial charge is 0.478 e. The first-order chi connectivity index (χ1) is 8.18. The molecule has 4 heteroatoms. The highest BCUT2D eigenvalue weighted by Gasteiger charge is 2.07. The van der Waals surface area contributed by atoms with Gasteiger partial charge >= 0.3 is 5.97 Å². The molecule has 1 aromatic carbocycles. The Balaban J connectivity index is 2.19. The van der Waals surface area contributed by atoms with Crippen LogP contribution in [0.2, 0.25) is 0 Å². The smallest absolute Gasteiger partial charge is 0.328 e. The molecule has 1 N–H and O–H groups in total. The molecule has 2 rings (SSSR count). The minimum absolute atomic E-state index is 0.524. The lowest BCUT2D eigenvalue weighted by Crippen LogP contribution is -2.16. The molecule has 0 spiro atoms. The van der Waals surface area contributed by atoms with E-state index in [0.717, 1.165) is 22.7 Å². The number of fused-ring (bicyclic) bond motifs is 1. The molecule has 0 bridgehead atoms. The Bertz CT molecular complexity index is 557. The van der Waals surface area contributed by atoms with Crippen molar-refractivity contribution in [2.75, 3.05) is 18.5 Å². The van der Waals surface area contributed by atoms with Crippen molar-refractivity contribution >= 4 is 22.6 Å². The van der Waals surface area contributed by atoms with Crippen LogP contribution < -0.4 is 4.90 Å². The van der Waals surface area contributed by atoms with E-state index in [1.54, 1.807) is 12.3 Å². The van der Waals surface area contributed by atoms with Gasteiger partial charge in [-0.25, -0.2) is 4.79 Å². The Labute approximate surface area is 98.8 Å². The van der Waals surface area contributed by atoms with Gasteiger partial charge in [-0.15, -0.1) is 0 Å². The molecular weight excluding hydrogens is 218 g/mol. The fourth-order valence-electron chi connectivity index (χ4n) is 1.67. The van der Waals surface area contributed by atoms with E-state index in [4.69, 9.17) is 9.52 Å². The highest BCUT2D eigenvalue weighted by Crippen LogP contribution is 2.27. The van der Waals surface area contributed by atoms with Crippen LogP contribution in [0.15, 0.2) is 47.1 Å². The molecule has 0 saturated heterocycles. The zero-order valence-electron chi connectivity index (χ0n) is 9.46. The molecule has 0 aliphatic rings. The molecule has 0 radical (unpaired) electrons. The Morgan fingerprint density at radius 2 is 2.24 bits per heavy atom. The molecule has 0 atom stereocenters. The van der Waals surface area contributed by atoms with E-state index in [2.05, 4.69) is 0 Å². The summed E-state index contributed by atoms with van der Waals surface area (Å²) in [6.07, 6.45) is 4.42. The van der Waals surface area contributed by atoms with E-state index < -0.39 is 5.97 Å². The molecule has 1 aromatic heterocycles. The van der Waals surface area contributed by atoms with Crippen molar-refractivity contribution in [2.45, 2.75) is 0 Å². The standard InChI is InChI=1S/C13H13NO3/c1-14(8-4-7-13(15)16)11-9-17-12-6-3-2-5-10(11)12/h2-7,9H,8H2,1H3,(H,15,16)/b7-4+. The van der Waals surface area contributed by atoms with Crippen LogP contribution in [-0.2, 0) is 4.79 Å². The number of aliphatic carboxylic acids is 1. The zero-order chi connectivity index (χ0) is 12.3. The van der Waals surface area contributed by atoms with Gasteiger partial charge in [-0.1, -0.05) is 18.2 Å². The van der Waals surface area contributed by atoms with Gasteiger partial charge in [0.15, 0.2) is 0 Å². The van der Waals surface area contributed by atoms with Crippen molar-refractivity contribution in [3.63, 3.8) is 0 Å². The van der Waals surface area contributed by atoms with Gasteiger partial charge in [0.25, 0.3) is 0 Å². The fourth-order valence-corrected chi connectivity index (χ4v) is 1.67. The molecule has 4 nitrogen and oxygen atoms in total. The fraction of sp³-hybridized carbons (Fsp3) is 0.154. The zero-order valence-corrected chi connectivity index (χ0v) is 9.46. The number of nitrogens with zero attached hydrogens (tertiary/aromatic N) is 1. The second-order valence-corrected chi connectivity index (χ2v) is 3.74. The van der Waals surface area contributed by atoms with Gasteiger partial charge in [0, 0.05) is 25.1 Å². The Hall–Kier alpha value is -2.23. The predicted octanol–water partition coefficient (Wildman–Crippen LogP) is 2.51. The maximum Gasteiger partial charge on any atom is 0.328 e. The number of benzene rings is 1. The monoisotopic (exact) mass is 231 g/mol. The Morgan fingerprint density at radius 1 is 1.47 bits per heavy atom. The van der Waals surface area contributed by atoms with Gasteiger partial charge in [0.05, 0.1) is 5.69 Å². The second-order valence-electron chi connectivity index (χ2n) is 3.74. The summed E-state index contributed by atoms with van der Waals surface area (Å²) in [6.45, 7) is 0.524. The number of likely N-dealkylation sites (N-methyl/N-ethyl adjacent to an activating group) is 1. The predicted molar refractivity (Wildman–Crippen MR) is 66.3 cm³/mol. The maximum absolute atomic E-state index is 10.4. The molecule has 0 fully saturated rings. The van der Waals surface area contributed by atoms with Crippen LogP contribution in [0.4, 0.5) is 5.69 Å².